The molecule has 2 atom stereocenters. The summed E-state index contributed by atoms with van der Waals surface area (Å²) in [6, 6.07) is 12.4. The van der Waals surface area contributed by atoms with E-state index in [1.165, 1.54) is 34.1 Å². The number of nitrogens with one attached hydrogen (secondary N) is 2. The fraction of sp³-hybridized carbons (Fsp3) is 0.333. The summed E-state index contributed by atoms with van der Waals surface area (Å²) in [7, 11) is -3.14. The van der Waals surface area contributed by atoms with Gasteiger partial charge in [-0.2, -0.15) is 0 Å². The maximum atomic E-state index is 13.5. The van der Waals surface area contributed by atoms with E-state index in [0.29, 0.717) is 22.5 Å². The fourth-order valence-corrected chi connectivity index (χ4v) is 5.87. The zero-order valence-corrected chi connectivity index (χ0v) is 23.7. The molecule has 43 heavy (non-hydrogen) atoms. The van der Waals surface area contributed by atoms with Gasteiger partial charge in [0.2, 0.25) is 6.10 Å². The second kappa shape index (κ2) is 12.2. The zero-order valence-electron chi connectivity index (χ0n) is 22.8. The number of sulfone groups is 1. The molecule has 0 spiro atoms. The number of benzene rings is 2. The van der Waals surface area contributed by atoms with Crippen molar-refractivity contribution < 1.29 is 41.6 Å². The second-order valence-electron chi connectivity index (χ2n) is 9.81. The molecule has 2 aliphatic rings. The van der Waals surface area contributed by atoms with Crippen molar-refractivity contribution in [3.8, 4) is 11.4 Å². The van der Waals surface area contributed by atoms with Crippen molar-refractivity contribution >= 4 is 44.9 Å². The number of H-pyrrole nitrogens is 1. The van der Waals surface area contributed by atoms with E-state index in [9.17, 15) is 32.4 Å². The molecule has 5 rings (SSSR count). The molecule has 0 radical (unpaired) electrons. The van der Waals surface area contributed by atoms with E-state index >= 15 is 0 Å². The van der Waals surface area contributed by atoms with Crippen LogP contribution in [-0.4, -0.2) is 97.1 Å². The number of hydrogen-bond donors (Lipinski definition) is 2. The average molecular weight is 614 g/mol. The van der Waals surface area contributed by atoms with Crippen molar-refractivity contribution in [2.24, 2.45) is 0 Å². The normalized spacial score (nSPS) is 19.0. The van der Waals surface area contributed by atoms with E-state index in [1.807, 2.05) is 0 Å². The number of carbonyl (C=O) groups is 4. The van der Waals surface area contributed by atoms with E-state index in [2.05, 4.69) is 20.0 Å². The number of anilines is 2. The van der Waals surface area contributed by atoms with Crippen molar-refractivity contribution in [3.63, 3.8) is 0 Å². The van der Waals surface area contributed by atoms with Crippen molar-refractivity contribution in [1.29, 1.82) is 0 Å². The van der Waals surface area contributed by atoms with Crippen molar-refractivity contribution in [2.75, 3.05) is 48.0 Å². The molecule has 2 aliphatic heterocycles. The van der Waals surface area contributed by atoms with Crippen LogP contribution in [-0.2, 0) is 33.7 Å². The van der Waals surface area contributed by atoms with E-state index in [-0.39, 0.29) is 49.5 Å². The third-order valence-electron chi connectivity index (χ3n) is 6.87. The number of hydrogen-bond acceptors (Lipinski definition) is 11. The van der Waals surface area contributed by atoms with Crippen molar-refractivity contribution in [3.05, 3.63) is 64.6 Å². The summed E-state index contributed by atoms with van der Waals surface area (Å²) in [5.74, 6) is -3.25. The van der Waals surface area contributed by atoms with Gasteiger partial charge in [0, 0.05) is 49.1 Å². The molecule has 226 valence electrons. The first-order valence-electron chi connectivity index (χ1n) is 13.2. The van der Waals surface area contributed by atoms with Crippen LogP contribution in [0.15, 0.2) is 57.8 Å². The number of rotatable bonds is 7. The number of nitrogens with zero attached hydrogens (tertiary/aromatic N) is 3. The van der Waals surface area contributed by atoms with Crippen LogP contribution in [0, 0.1) is 0 Å². The Balaban J connectivity index is 1.28. The van der Waals surface area contributed by atoms with E-state index < -0.39 is 45.6 Å². The SMILES string of the molecule is CC(=O)OC(C(=O)Nc1ccc(-c2noc(=O)[nH]2)cc1)C1OCCN(c2ccc(C(=O)N3CCS(=O)(=O)CC3)cc2)C1=O. The summed E-state index contributed by atoms with van der Waals surface area (Å²) in [6.45, 7) is 1.51. The van der Waals surface area contributed by atoms with E-state index in [4.69, 9.17) is 9.47 Å². The van der Waals surface area contributed by atoms with Gasteiger partial charge >= 0.3 is 11.7 Å². The summed E-state index contributed by atoms with van der Waals surface area (Å²) in [4.78, 5) is 67.9. The van der Waals surface area contributed by atoms with E-state index in [0.717, 1.165) is 6.92 Å². The maximum Gasteiger partial charge on any atom is 0.439 e. The lowest BCUT2D eigenvalue weighted by atomic mass is 10.1. The summed E-state index contributed by atoms with van der Waals surface area (Å²) >= 11 is 0. The molecule has 0 bridgehead atoms. The van der Waals surface area contributed by atoms with Gasteiger partial charge in [0.25, 0.3) is 17.7 Å². The third-order valence-corrected chi connectivity index (χ3v) is 8.48. The van der Waals surface area contributed by atoms with Crippen LogP contribution in [0.2, 0.25) is 0 Å². The number of morpholine rings is 1. The largest absolute Gasteiger partial charge is 0.449 e. The van der Waals surface area contributed by atoms with Gasteiger partial charge in [-0.25, -0.2) is 13.2 Å². The molecular weight excluding hydrogens is 586 g/mol. The standard InChI is InChI=1S/C27H27N5O10S/c1-16(33)41-21(24(34)28-19-6-2-17(3-7-19)23-29-27(37)42-30-23)22-26(36)32(10-13-40-22)20-8-4-18(5-9-20)25(35)31-11-14-43(38,39)15-12-31/h2-9,21-22H,10-15H2,1H3,(H,28,34)(H,29,30,37). The van der Waals surface area contributed by atoms with Crippen LogP contribution in [0.5, 0.6) is 0 Å². The van der Waals surface area contributed by atoms with Gasteiger partial charge in [-0.1, -0.05) is 5.16 Å². The molecule has 2 aromatic carbocycles. The molecule has 3 amide bonds. The Bertz CT molecular complexity index is 1680. The molecule has 3 heterocycles. The first-order valence-corrected chi connectivity index (χ1v) is 15.0. The maximum absolute atomic E-state index is 13.5. The quantitative estimate of drug-likeness (QED) is 0.345. The Morgan fingerprint density at radius 2 is 1.70 bits per heavy atom. The highest BCUT2D eigenvalue weighted by Crippen LogP contribution is 2.24. The number of aromatic nitrogens is 2. The van der Waals surface area contributed by atoms with Crippen molar-refractivity contribution in [2.45, 2.75) is 19.1 Å². The highest BCUT2D eigenvalue weighted by atomic mass is 32.2. The lowest BCUT2D eigenvalue weighted by molar-refractivity contribution is -0.167. The second-order valence-corrected chi connectivity index (χ2v) is 12.1. The van der Waals surface area contributed by atoms with Gasteiger partial charge in [0.15, 0.2) is 21.8 Å². The topological polar surface area (TPSA) is 198 Å². The molecule has 15 nitrogen and oxygen atoms in total. The molecule has 2 fully saturated rings. The minimum Gasteiger partial charge on any atom is -0.449 e. The number of amides is 3. The summed E-state index contributed by atoms with van der Waals surface area (Å²) in [5.41, 5.74) is 1.58. The number of esters is 1. The first kappa shape index (κ1) is 29.7. The molecular formula is C27H27N5O10S. The Hall–Kier alpha value is -4.83. The highest BCUT2D eigenvalue weighted by molar-refractivity contribution is 7.91. The predicted molar refractivity (Wildman–Crippen MR) is 150 cm³/mol. The summed E-state index contributed by atoms with van der Waals surface area (Å²) in [6.07, 6.45) is -3.07. The van der Waals surface area contributed by atoms with Crippen LogP contribution in [0.25, 0.3) is 11.4 Å². The number of ether oxygens (including phenoxy) is 2. The molecule has 2 unspecified atom stereocenters. The molecule has 2 saturated heterocycles. The zero-order chi connectivity index (χ0) is 30.7. The van der Waals surface area contributed by atoms with Crippen LogP contribution < -0.4 is 16.0 Å². The van der Waals surface area contributed by atoms with Crippen LogP contribution in [0.3, 0.4) is 0 Å². The van der Waals surface area contributed by atoms with Gasteiger partial charge in [0.1, 0.15) is 0 Å². The van der Waals surface area contributed by atoms with E-state index in [1.54, 1.807) is 24.3 Å². The highest BCUT2D eigenvalue weighted by Gasteiger charge is 2.42. The van der Waals surface area contributed by atoms with Gasteiger partial charge < -0.3 is 24.6 Å². The molecule has 1 aromatic heterocycles. The monoisotopic (exact) mass is 613 g/mol. The Morgan fingerprint density at radius 1 is 1.02 bits per heavy atom. The number of aromatic amines is 1. The Morgan fingerprint density at radius 3 is 2.30 bits per heavy atom. The van der Waals surface area contributed by atoms with Crippen LogP contribution in [0.1, 0.15) is 17.3 Å². The minimum atomic E-state index is -3.14. The molecule has 16 heteroatoms. The van der Waals surface area contributed by atoms with Gasteiger partial charge in [-0.3, -0.25) is 28.7 Å². The lowest BCUT2D eigenvalue weighted by Crippen LogP contribution is -2.56. The van der Waals surface area contributed by atoms with Gasteiger partial charge in [-0.15, -0.1) is 0 Å². The fourth-order valence-electron chi connectivity index (χ4n) is 4.67. The Labute approximate surface area is 244 Å². The van der Waals surface area contributed by atoms with Gasteiger partial charge in [-0.05, 0) is 48.5 Å². The number of carbonyl (C=O) groups excluding carboxylic acids is 4. The molecule has 0 saturated carbocycles. The molecule has 3 aromatic rings. The minimum absolute atomic E-state index is 0.0367. The lowest BCUT2D eigenvalue weighted by Gasteiger charge is -2.35. The third kappa shape index (κ3) is 6.81. The van der Waals surface area contributed by atoms with Crippen LogP contribution >= 0.6 is 0 Å². The smallest absolute Gasteiger partial charge is 0.439 e. The van der Waals surface area contributed by atoms with Crippen LogP contribution in [0.4, 0.5) is 11.4 Å². The predicted octanol–water partition coefficient (Wildman–Crippen LogP) is 0.203. The van der Waals surface area contributed by atoms with Crippen molar-refractivity contribution in [1.82, 2.24) is 15.0 Å². The average Bonchev–Trinajstić information content (AvgIpc) is 3.42. The molecule has 0 aliphatic carbocycles. The van der Waals surface area contributed by atoms with Gasteiger partial charge in [0.05, 0.1) is 18.1 Å². The summed E-state index contributed by atoms with van der Waals surface area (Å²) in [5, 5.41) is 6.19. The first-order chi connectivity index (χ1) is 20.5. The summed E-state index contributed by atoms with van der Waals surface area (Å²) < 4.78 is 38.7. The molecule has 2 N–H and O–H groups in total. The Kier molecular flexibility index (Phi) is 8.40.